The summed E-state index contributed by atoms with van der Waals surface area (Å²) in [5.41, 5.74) is 7.92. The van der Waals surface area contributed by atoms with Gasteiger partial charge >= 0.3 is 0 Å². The lowest BCUT2D eigenvalue weighted by Gasteiger charge is -2.05. The highest BCUT2D eigenvalue weighted by Gasteiger charge is 2.06. The average Bonchev–Trinajstić information content (AvgIpc) is 2.77. The Morgan fingerprint density at radius 2 is 2.11 bits per heavy atom. The zero-order valence-corrected chi connectivity index (χ0v) is 10.9. The van der Waals surface area contributed by atoms with Crippen molar-refractivity contribution in [1.29, 1.82) is 0 Å². The van der Waals surface area contributed by atoms with Gasteiger partial charge in [-0.05, 0) is 37.1 Å². The first kappa shape index (κ1) is 12.7. The molecule has 0 amide bonds. The minimum atomic E-state index is 0.438. The minimum absolute atomic E-state index is 0.438. The van der Waals surface area contributed by atoms with Gasteiger partial charge in [0.25, 0.3) is 0 Å². The van der Waals surface area contributed by atoms with E-state index in [1.807, 2.05) is 25.1 Å². The number of nitrogens with two attached hydrogens (primary N) is 1. The Labute approximate surface area is 108 Å². The number of aryl methyl sites for hydroxylation is 2. The van der Waals surface area contributed by atoms with E-state index in [-0.39, 0.29) is 0 Å². The molecule has 0 atom stereocenters. The fraction of sp³-hybridized carbons (Fsp3) is 0.333. The summed E-state index contributed by atoms with van der Waals surface area (Å²) in [4.78, 5) is 0. The van der Waals surface area contributed by atoms with E-state index in [0.717, 1.165) is 29.3 Å². The third-order valence-electron chi connectivity index (χ3n) is 2.98. The van der Waals surface area contributed by atoms with Crippen molar-refractivity contribution in [3.05, 3.63) is 53.0 Å². The second-order valence-electron chi connectivity index (χ2n) is 4.29. The van der Waals surface area contributed by atoms with Crippen molar-refractivity contribution in [2.75, 3.05) is 0 Å². The van der Waals surface area contributed by atoms with Crippen molar-refractivity contribution in [2.45, 2.75) is 33.4 Å². The molecule has 2 N–H and O–H groups in total. The normalized spacial score (nSPS) is 10.6. The molecule has 0 aliphatic carbocycles. The van der Waals surface area contributed by atoms with Crippen LogP contribution in [-0.4, -0.2) is 0 Å². The van der Waals surface area contributed by atoms with Crippen LogP contribution >= 0.6 is 0 Å². The van der Waals surface area contributed by atoms with E-state index in [4.69, 9.17) is 14.9 Å². The molecule has 0 aliphatic rings. The van der Waals surface area contributed by atoms with Crippen LogP contribution in [0.25, 0.3) is 0 Å². The van der Waals surface area contributed by atoms with Crippen LogP contribution in [0.5, 0.6) is 5.75 Å². The van der Waals surface area contributed by atoms with Crippen LogP contribution in [0.2, 0.25) is 0 Å². The number of hydrogen-bond donors (Lipinski definition) is 1. The van der Waals surface area contributed by atoms with E-state index < -0.39 is 0 Å². The molecule has 2 rings (SSSR count). The first-order valence-corrected chi connectivity index (χ1v) is 6.23. The highest BCUT2D eigenvalue weighted by Crippen LogP contribution is 2.18. The maximum absolute atomic E-state index is 5.71. The third kappa shape index (κ3) is 2.93. The highest BCUT2D eigenvalue weighted by molar-refractivity contribution is 5.28. The van der Waals surface area contributed by atoms with Gasteiger partial charge in [-0.15, -0.1) is 0 Å². The molecule has 18 heavy (non-hydrogen) atoms. The van der Waals surface area contributed by atoms with Crippen molar-refractivity contribution in [1.82, 2.24) is 0 Å². The molecule has 0 saturated carbocycles. The lowest BCUT2D eigenvalue weighted by Crippen LogP contribution is -1.96. The molecular weight excluding hydrogens is 226 g/mol. The lowest BCUT2D eigenvalue weighted by molar-refractivity contribution is 0.267. The van der Waals surface area contributed by atoms with Crippen molar-refractivity contribution in [2.24, 2.45) is 5.73 Å². The molecule has 3 nitrogen and oxygen atoms in total. The molecule has 0 radical (unpaired) electrons. The summed E-state index contributed by atoms with van der Waals surface area (Å²) < 4.78 is 11.3. The fourth-order valence-electron chi connectivity index (χ4n) is 1.87. The Bertz CT molecular complexity index is 517. The Kier molecular flexibility index (Phi) is 4.05. The molecule has 0 unspecified atom stereocenters. The first-order chi connectivity index (χ1) is 8.72. The Morgan fingerprint density at radius 3 is 2.78 bits per heavy atom. The minimum Gasteiger partial charge on any atom is -0.486 e. The number of furan rings is 1. The van der Waals surface area contributed by atoms with Crippen molar-refractivity contribution in [3.63, 3.8) is 0 Å². The molecule has 1 aromatic carbocycles. The second-order valence-corrected chi connectivity index (χ2v) is 4.29. The smallest absolute Gasteiger partial charge is 0.146 e. The molecule has 0 saturated heterocycles. The number of benzene rings is 1. The van der Waals surface area contributed by atoms with Gasteiger partial charge in [-0.25, -0.2) is 0 Å². The van der Waals surface area contributed by atoms with Gasteiger partial charge in [-0.2, -0.15) is 0 Å². The van der Waals surface area contributed by atoms with Crippen molar-refractivity contribution < 1.29 is 9.15 Å². The molecule has 1 aromatic heterocycles. The van der Waals surface area contributed by atoms with E-state index in [9.17, 15) is 0 Å². The van der Waals surface area contributed by atoms with Crippen molar-refractivity contribution in [3.8, 4) is 5.75 Å². The number of rotatable bonds is 5. The Morgan fingerprint density at radius 1 is 1.28 bits per heavy atom. The van der Waals surface area contributed by atoms with Gasteiger partial charge in [0.1, 0.15) is 23.9 Å². The molecule has 3 heteroatoms. The van der Waals surface area contributed by atoms with Crippen LogP contribution in [0, 0.1) is 6.92 Å². The topological polar surface area (TPSA) is 48.4 Å². The zero-order valence-electron chi connectivity index (χ0n) is 10.9. The van der Waals surface area contributed by atoms with Crippen LogP contribution in [0.1, 0.15) is 29.6 Å². The van der Waals surface area contributed by atoms with Crippen LogP contribution < -0.4 is 10.5 Å². The van der Waals surface area contributed by atoms with Crippen LogP contribution in [0.15, 0.2) is 34.7 Å². The van der Waals surface area contributed by atoms with Gasteiger partial charge in [-0.1, -0.05) is 19.1 Å². The SMILES string of the molecule is CCc1cccc(OCc2cc(CN)c(C)o2)c1. The van der Waals surface area contributed by atoms with Gasteiger partial charge in [0.15, 0.2) is 0 Å². The molecule has 0 spiro atoms. The molecule has 0 bridgehead atoms. The van der Waals surface area contributed by atoms with Gasteiger partial charge in [-0.3, -0.25) is 0 Å². The van der Waals surface area contributed by atoms with E-state index >= 15 is 0 Å². The zero-order chi connectivity index (χ0) is 13.0. The predicted octanol–water partition coefficient (Wildman–Crippen LogP) is 3.19. The number of hydrogen-bond acceptors (Lipinski definition) is 3. The van der Waals surface area contributed by atoms with E-state index in [2.05, 4.69) is 19.1 Å². The van der Waals surface area contributed by atoms with Gasteiger partial charge in [0.05, 0.1) is 0 Å². The predicted molar refractivity (Wildman–Crippen MR) is 71.5 cm³/mol. The summed E-state index contributed by atoms with van der Waals surface area (Å²) >= 11 is 0. The molecule has 96 valence electrons. The highest BCUT2D eigenvalue weighted by atomic mass is 16.5. The molecule has 2 aromatic rings. The van der Waals surface area contributed by atoms with Crippen molar-refractivity contribution >= 4 is 0 Å². The molecule has 0 aliphatic heterocycles. The monoisotopic (exact) mass is 245 g/mol. The summed E-state index contributed by atoms with van der Waals surface area (Å²) in [6, 6.07) is 10.1. The fourth-order valence-corrected chi connectivity index (χ4v) is 1.87. The van der Waals surface area contributed by atoms with Crippen LogP contribution in [0.3, 0.4) is 0 Å². The first-order valence-electron chi connectivity index (χ1n) is 6.23. The van der Waals surface area contributed by atoms with E-state index in [0.29, 0.717) is 13.2 Å². The standard InChI is InChI=1S/C15H19NO2/c1-3-12-5-4-6-14(7-12)17-10-15-8-13(9-16)11(2)18-15/h4-8H,3,9-10,16H2,1-2H3. The number of ether oxygens (including phenoxy) is 1. The largest absolute Gasteiger partial charge is 0.486 e. The van der Waals surface area contributed by atoms with Gasteiger partial charge in [0.2, 0.25) is 0 Å². The quantitative estimate of drug-likeness (QED) is 0.880. The summed E-state index contributed by atoms with van der Waals surface area (Å²) in [5.74, 6) is 2.56. The van der Waals surface area contributed by atoms with Crippen LogP contribution in [-0.2, 0) is 19.6 Å². The molecule has 0 fully saturated rings. The van der Waals surface area contributed by atoms with E-state index in [1.165, 1.54) is 5.56 Å². The average molecular weight is 245 g/mol. The second kappa shape index (κ2) is 5.74. The summed E-state index contributed by atoms with van der Waals surface area (Å²) in [7, 11) is 0. The third-order valence-corrected chi connectivity index (χ3v) is 2.98. The Hall–Kier alpha value is -1.74. The van der Waals surface area contributed by atoms with E-state index in [1.54, 1.807) is 0 Å². The molecular formula is C15H19NO2. The van der Waals surface area contributed by atoms with Gasteiger partial charge in [0, 0.05) is 12.1 Å². The Balaban J connectivity index is 2.01. The summed E-state index contributed by atoms with van der Waals surface area (Å²) in [6.45, 7) is 4.99. The maximum Gasteiger partial charge on any atom is 0.146 e. The lowest BCUT2D eigenvalue weighted by atomic mass is 10.2. The summed E-state index contributed by atoms with van der Waals surface area (Å²) in [6.07, 6.45) is 1.01. The molecule has 1 heterocycles. The maximum atomic E-state index is 5.71. The van der Waals surface area contributed by atoms with Crippen LogP contribution in [0.4, 0.5) is 0 Å². The summed E-state index contributed by atoms with van der Waals surface area (Å²) in [5, 5.41) is 0. The van der Waals surface area contributed by atoms with Gasteiger partial charge < -0.3 is 14.9 Å².